The molecule has 0 unspecified atom stereocenters. The fraction of sp³-hybridized carbons (Fsp3) is 0.316. The summed E-state index contributed by atoms with van der Waals surface area (Å²) in [6.45, 7) is 2.73. The third-order valence-corrected chi connectivity index (χ3v) is 4.02. The minimum atomic E-state index is -0.394. The lowest BCUT2D eigenvalue weighted by molar-refractivity contribution is 0.102. The van der Waals surface area contributed by atoms with Gasteiger partial charge in [-0.3, -0.25) is 4.79 Å². The smallest absolute Gasteiger partial charge is 0.259 e. The molecule has 0 saturated carbocycles. The first-order valence-corrected chi connectivity index (χ1v) is 8.88. The molecule has 0 bridgehead atoms. The van der Waals surface area contributed by atoms with Crippen molar-refractivity contribution >= 4 is 27.5 Å². The Bertz CT molecular complexity index is 691. The molecule has 5 heteroatoms. The highest BCUT2D eigenvalue weighted by molar-refractivity contribution is 9.10. The number of carbonyl (C=O) groups excluding carboxylic acids is 1. The highest BCUT2D eigenvalue weighted by atomic mass is 79.9. The molecular weight excluding hydrogens is 373 g/mol. The number of halogens is 2. The van der Waals surface area contributed by atoms with Crippen molar-refractivity contribution in [1.82, 2.24) is 0 Å². The molecule has 0 saturated heterocycles. The van der Waals surface area contributed by atoms with Crippen LogP contribution in [0.15, 0.2) is 46.9 Å². The van der Waals surface area contributed by atoms with Crippen LogP contribution in [0.1, 0.15) is 43.0 Å². The van der Waals surface area contributed by atoms with Crippen molar-refractivity contribution in [2.75, 3.05) is 11.9 Å². The van der Waals surface area contributed by atoms with Gasteiger partial charge in [0, 0.05) is 10.2 Å². The molecule has 0 aliphatic rings. The molecule has 0 aliphatic heterocycles. The molecule has 2 rings (SSSR count). The van der Waals surface area contributed by atoms with Gasteiger partial charge in [0.2, 0.25) is 0 Å². The van der Waals surface area contributed by atoms with Crippen LogP contribution in [0, 0.1) is 5.82 Å². The zero-order chi connectivity index (χ0) is 17.4. The van der Waals surface area contributed by atoms with Gasteiger partial charge in [0.25, 0.3) is 5.91 Å². The quantitative estimate of drug-likeness (QED) is 0.575. The van der Waals surface area contributed by atoms with Crippen molar-refractivity contribution in [3.05, 3.63) is 58.3 Å². The van der Waals surface area contributed by atoms with Gasteiger partial charge in [0.15, 0.2) is 0 Å². The number of hydrogen-bond acceptors (Lipinski definition) is 2. The van der Waals surface area contributed by atoms with Gasteiger partial charge < -0.3 is 10.1 Å². The van der Waals surface area contributed by atoms with Crippen molar-refractivity contribution in [2.45, 2.75) is 32.6 Å². The summed E-state index contributed by atoms with van der Waals surface area (Å²) in [6, 6.07) is 11.1. The Morgan fingerprint density at radius 1 is 1.17 bits per heavy atom. The standard InChI is InChI=1S/C19H21BrFNO2/c1-2-3-4-5-11-24-18-10-9-14(20)12-17(18)19(23)22-16-8-6-7-15(21)13-16/h6-10,12-13H,2-5,11H2,1H3,(H,22,23). The number of hydrogen-bond donors (Lipinski definition) is 1. The number of unbranched alkanes of at least 4 members (excludes halogenated alkanes) is 3. The number of anilines is 1. The maximum absolute atomic E-state index is 13.2. The minimum Gasteiger partial charge on any atom is -0.493 e. The number of nitrogens with one attached hydrogen (secondary N) is 1. The average Bonchev–Trinajstić information content (AvgIpc) is 2.55. The van der Waals surface area contributed by atoms with E-state index in [1.165, 1.54) is 25.0 Å². The van der Waals surface area contributed by atoms with E-state index in [2.05, 4.69) is 28.2 Å². The Balaban J connectivity index is 2.06. The zero-order valence-electron chi connectivity index (χ0n) is 13.6. The molecule has 2 aromatic rings. The summed E-state index contributed by atoms with van der Waals surface area (Å²) < 4.78 is 19.8. The first-order valence-electron chi connectivity index (χ1n) is 8.09. The van der Waals surface area contributed by atoms with Crippen molar-refractivity contribution < 1.29 is 13.9 Å². The van der Waals surface area contributed by atoms with E-state index in [1.807, 2.05) is 6.07 Å². The van der Waals surface area contributed by atoms with Gasteiger partial charge in [-0.2, -0.15) is 0 Å². The predicted molar refractivity (Wildman–Crippen MR) is 98.1 cm³/mol. The summed E-state index contributed by atoms with van der Waals surface area (Å²) in [5.74, 6) is -0.191. The van der Waals surface area contributed by atoms with Crippen LogP contribution in [-0.4, -0.2) is 12.5 Å². The zero-order valence-corrected chi connectivity index (χ0v) is 15.2. The molecule has 1 N–H and O–H groups in total. The van der Waals surface area contributed by atoms with Gasteiger partial charge in [-0.05, 0) is 42.8 Å². The van der Waals surface area contributed by atoms with E-state index < -0.39 is 5.82 Å². The Morgan fingerprint density at radius 2 is 2.00 bits per heavy atom. The number of rotatable bonds is 8. The van der Waals surface area contributed by atoms with Crippen LogP contribution in [-0.2, 0) is 0 Å². The number of benzene rings is 2. The average molecular weight is 394 g/mol. The lowest BCUT2D eigenvalue weighted by atomic mass is 10.1. The van der Waals surface area contributed by atoms with Gasteiger partial charge in [-0.15, -0.1) is 0 Å². The maximum Gasteiger partial charge on any atom is 0.259 e. The molecule has 0 radical (unpaired) electrons. The number of amides is 1. The lowest BCUT2D eigenvalue weighted by Gasteiger charge is -2.12. The van der Waals surface area contributed by atoms with Crippen LogP contribution in [0.3, 0.4) is 0 Å². The first kappa shape index (κ1) is 18.5. The summed E-state index contributed by atoms with van der Waals surface area (Å²) >= 11 is 3.37. The van der Waals surface area contributed by atoms with E-state index in [1.54, 1.807) is 24.3 Å². The van der Waals surface area contributed by atoms with Gasteiger partial charge in [-0.1, -0.05) is 48.2 Å². The largest absolute Gasteiger partial charge is 0.493 e. The molecule has 0 spiro atoms. The van der Waals surface area contributed by atoms with Crippen LogP contribution in [0.25, 0.3) is 0 Å². The maximum atomic E-state index is 13.2. The molecule has 1 amide bonds. The van der Waals surface area contributed by atoms with E-state index >= 15 is 0 Å². The third-order valence-electron chi connectivity index (χ3n) is 3.52. The second-order valence-electron chi connectivity index (χ2n) is 5.51. The Kier molecular flexibility index (Phi) is 7.25. The van der Waals surface area contributed by atoms with Gasteiger partial charge in [0.05, 0.1) is 12.2 Å². The molecule has 24 heavy (non-hydrogen) atoms. The second-order valence-corrected chi connectivity index (χ2v) is 6.43. The molecule has 0 fully saturated rings. The van der Waals surface area contributed by atoms with Crippen LogP contribution < -0.4 is 10.1 Å². The molecule has 128 valence electrons. The highest BCUT2D eigenvalue weighted by Crippen LogP contribution is 2.25. The molecule has 2 aromatic carbocycles. The van der Waals surface area contributed by atoms with Crippen LogP contribution in [0.4, 0.5) is 10.1 Å². The van der Waals surface area contributed by atoms with Crippen LogP contribution >= 0.6 is 15.9 Å². The molecular formula is C19H21BrFNO2. The van der Waals surface area contributed by atoms with E-state index in [9.17, 15) is 9.18 Å². The Labute approximate surface area is 150 Å². The van der Waals surface area contributed by atoms with Crippen LogP contribution in [0.2, 0.25) is 0 Å². The molecule has 3 nitrogen and oxygen atoms in total. The Morgan fingerprint density at radius 3 is 2.75 bits per heavy atom. The predicted octanol–water partition coefficient (Wildman–Crippen LogP) is 5.80. The fourth-order valence-electron chi connectivity index (χ4n) is 2.28. The summed E-state index contributed by atoms with van der Waals surface area (Å²) in [5.41, 5.74) is 0.831. The minimum absolute atomic E-state index is 0.328. The normalized spacial score (nSPS) is 10.5. The number of ether oxygens (including phenoxy) is 1. The van der Waals surface area contributed by atoms with E-state index in [4.69, 9.17) is 4.74 Å². The van der Waals surface area contributed by atoms with E-state index in [0.29, 0.717) is 23.6 Å². The Hall–Kier alpha value is -1.88. The first-order chi connectivity index (χ1) is 11.6. The van der Waals surface area contributed by atoms with Crippen LogP contribution in [0.5, 0.6) is 5.75 Å². The summed E-state index contributed by atoms with van der Waals surface area (Å²) in [5, 5.41) is 2.70. The van der Waals surface area contributed by atoms with Gasteiger partial charge >= 0.3 is 0 Å². The SMILES string of the molecule is CCCCCCOc1ccc(Br)cc1C(=O)Nc1cccc(F)c1. The van der Waals surface area contributed by atoms with Crippen molar-refractivity contribution in [1.29, 1.82) is 0 Å². The van der Waals surface area contributed by atoms with Gasteiger partial charge in [0.1, 0.15) is 11.6 Å². The monoisotopic (exact) mass is 393 g/mol. The molecule has 0 atom stereocenters. The lowest BCUT2D eigenvalue weighted by Crippen LogP contribution is -2.14. The highest BCUT2D eigenvalue weighted by Gasteiger charge is 2.14. The van der Waals surface area contributed by atoms with E-state index in [0.717, 1.165) is 17.3 Å². The third kappa shape index (κ3) is 5.64. The van der Waals surface area contributed by atoms with Gasteiger partial charge in [-0.25, -0.2) is 4.39 Å². The molecule has 0 heterocycles. The van der Waals surface area contributed by atoms with Crippen molar-refractivity contribution in [2.24, 2.45) is 0 Å². The topological polar surface area (TPSA) is 38.3 Å². The van der Waals surface area contributed by atoms with Crippen molar-refractivity contribution in [3.63, 3.8) is 0 Å². The molecule has 0 aliphatic carbocycles. The fourth-order valence-corrected chi connectivity index (χ4v) is 2.64. The van der Waals surface area contributed by atoms with Crippen molar-refractivity contribution in [3.8, 4) is 5.75 Å². The van der Waals surface area contributed by atoms with E-state index in [-0.39, 0.29) is 5.91 Å². The second kappa shape index (κ2) is 9.42. The summed E-state index contributed by atoms with van der Waals surface area (Å²) in [6.07, 6.45) is 4.41. The summed E-state index contributed by atoms with van der Waals surface area (Å²) in [7, 11) is 0. The summed E-state index contributed by atoms with van der Waals surface area (Å²) in [4.78, 5) is 12.5. The number of carbonyl (C=O) groups is 1. The molecule has 0 aromatic heterocycles.